The number of alkyl halides is 7. The number of aliphatic hydroxyl groups is 1. The first kappa shape index (κ1) is 24.7. The molecule has 1 N–H and O–H groups in total. The summed E-state index contributed by atoms with van der Waals surface area (Å²) < 4.78 is 98.1. The van der Waals surface area contributed by atoms with Gasteiger partial charge in [-0.15, -0.1) is 11.3 Å². The molecule has 2 aromatic heterocycles. The van der Waals surface area contributed by atoms with Crippen molar-refractivity contribution in [3.05, 3.63) is 69.9 Å². The molecule has 5 nitrogen and oxygen atoms in total. The number of thiazole rings is 1. The maximum Gasteiger partial charge on any atom is 0.419 e. The molecule has 0 saturated heterocycles. The van der Waals surface area contributed by atoms with E-state index in [2.05, 4.69) is 19.4 Å². The molecule has 178 valence electrons. The van der Waals surface area contributed by atoms with Crippen molar-refractivity contribution in [1.82, 2.24) is 9.97 Å². The summed E-state index contributed by atoms with van der Waals surface area (Å²) in [6.07, 6.45) is -3.65. The molecule has 3 rings (SSSR count). The molecule has 0 amide bonds. The largest absolute Gasteiger partial charge is 0.431 e. The molecule has 2 atom stereocenters. The molecule has 13 heteroatoms. The average molecular weight is 496 g/mol. The minimum absolute atomic E-state index is 0.135. The van der Waals surface area contributed by atoms with E-state index in [0.717, 1.165) is 18.3 Å². The second-order valence-electron chi connectivity index (χ2n) is 6.62. The Morgan fingerprint density at radius 3 is 2.18 bits per heavy atom. The second-order valence-corrected chi connectivity index (χ2v) is 7.71. The highest BCUT2D eigenvalue weighted by atomic mass is 32.1. The van der Waals surface area contributed by atoms with Crippen molar-refractivity contribution in [2.45, 2.75) is 37.8 Å². The molecule has 0 radical (unpaired) electrons. The zero-order valence-corrected chi connectivity index (χ0v) is 17.2. The van der Waals surface area contributed by atoms with Gasteiger partial charge in [0.1, 0.15) is 5.01 Å². The molecule has 0 aliphatic heterocycles. The highest BCUT2D eigenvalue weighted by Gasteiger charge is 2.41. The zero-order valence-electron chi connectivity index (χ0n) is 16.3. The van der Waals surface area contributed by atoms with E-state index in [1.165, 1.54) is 18.5 Å². The summed E-state index contributed by atoms with van der Waals surface area (Å²) >= 11 is 0.588. The van der Waals surface area contributed by atoms with Crippen LogP contribution in [0.15, 0.2) is 48.9 Å². The molecule has 0 bridgehead atoms. The SMILES string of the molecule is OC(c1cnc(C(Cc2ccncc2)c2ccc(OC(F)F)c(OC(F)F)c2)s1)C(F)(F)F. The van der Waals surface area contributed by atoms with Gasteiger partial charge in [-0.3, -0.25) is 4.98 Å². The lowest BCUT2D eigenvalue weighted by Gasteiger charge is -2.18. The third-order valence-electron chi connectivity index (χ3n) is 4.41. The van der Waals surface area contributed by atoms with Gasteiger partial charge < -0.3 is 14.6 Å². The first-order chi connectivity index (χ1) is 15.5. The fourth-order valence-electron chi connectivity index (χ4n) is 2.97. The summed E-state index contributed by atoms with van der Waals surface area (Å²) in [5.74, 6) is -2.09. The first-order valence-electron chi connectivity index (χ1n) is 9.17. The van der Waals surface area contributed by atoms with Gasteiger partial charge in [-0.05, 0) is 41.8 Å². The van der Waals surface area contributed by atoms with Crippen LogP contribution in [-0.2, 0) is 6.42 Å². The van der Waals surface area contributed by atoms with Crippen LogP contribution in [0.2, 0.25) is 0 Å². The number of nitrogens with zero attached hydrogens (tertiary/aromatic N) is 2. The Bertz CT molecular complexity index is 1050. The van der Waals surface area contributed by atoms with E-state index >= 15 is 0 Å². The molecule has 0 aliphatic carbocycles. The topological polar surface area (TPSA) is 64.5 Å². The molecular weight excluding hydrogens is 481 g/mol. The quantitative estimate of drug-likeness (QED) is 0.385. The van der Waals surface area contributed by atoms with E-state index in [9.17, 15) is 35.8 Å². The Kier molecular flexibility index (Phi) is 7.74. The molecule has 1 aromatic carbocycles. The summed E-state index contributed by atoms with van der Waals surface area (Å²) in [5, 5.41) is 9.66. The highest BCUT2D eigenvalue weighted by molar-refractivity contribution is 7.11. The molecule has 0 fully saturated rings. The molecule has 0 spiro atoms. The van der Waals surface area contributed by atoms with E-state index < -0.39 is 47.8 Å². The van der Waals surface area contributed by atoms with Gasteiger partial charge in [0.15, 0.2) is 17.6 Å². The number of halogens is 7. The molecule has 0 aliphatic rings. The van der Waals surface area contributed by atoms with Crippen LogP contribution in [0.3, 0.4) is 0 Å². The third kappa shape index (κ3) is 6.54. The van der Waals surface area contributed by atoms with Gasteiger partial charge in [0, 0.05) is 24.5 Å². The van der Waals surface area contributed by atoms with E-state index in [-0.39, 0.29) is 17.0 Å². The minimum Gasteiger partial charge on any atom is -0.431 e. The standard InChI is InChI=1S/C20H15F7N2O3S/c21-18(22)31-13-2-1-11(8-14(13)32-19(23)24)12(7-10-3-5-28-6-4-10)17-29-9-15(33-17)16(30)20(25,26)27/h1-6,8-9,12,16,18-19,30H,7H2. The summed E-state index contributed by atoms with van der Waals surface area (Å²) in [6, 6.07) is 6.60. The molecule has 33 heavy (non-hydrogen) atoms. The van der Waals surface area contributed by atoms with Crippen LogP contribution >= 0.6 is 11.3 Å². The Morgan fingerprint density at radius 1 is 0.939 bits per heavy atom. The summed E-state index contributed by atoms with van der Waals surface area (Å²) in [5.41, 5.74) is 0.929. The van der Waals surface area contributed by atoms with Crippen LogP contribution < -0.4 is 9.47 Å². The Labute approximate surface area is 186 Å². The van der Waals surface area contributed by atoms with Gasteiger partial charge in [0.25, 0.3) is 0 Å². The van der Waals surface area contributed by atoms with E-state index in [4.69, 9.17) is 0 Å². The van der Waals surface area contributed by atoms with Crippen molar-refractivity contribution in [2.24, 2.45) is 0 Å². The van der Waals surface area contributed by atoms with Gasteiger partial charge in [-0.1, -0.05) is 6.07 Å². The van der Waals surface area contributed by atoms with Gasteiger partial charge >= 0.3 is 19.4 Å². The second kappa shape index (κ2) is 10.3. The number of pyridine rings is 1. The van der Waals surface area contributed by atoms with Crippen LogP contribution in [0, 0.1) is 0 Å². The number of aliphatic hydroxyl groups excluding tert-OH is 1. The van der Waals surface area contributed by atoms with Crippen molar-refractivity contribution in [3.8, 4) is 11.5 Å². The van der Waals surface area contributed by atoms with E-state index in [1.807, 2.05) is 0 Å². The van der Waals surface area contributed by atoms with Crippen LogP contribution in [-0.4, -0.2) is 34.5 Å². The smallest absolute Gasteiger partial charge is 0.419 e. The van der Waals surface area contributed by atoms with Crippen molar-refractivity contribution in [1.29, 1.82) is 0 Å². The number of ether oxygens (including phenoxy) is 2. The predicted molar refractivity (Wildman–Crippen MR) is 103 cm³/mol. The lowest BCUT2D eigenvalue weighted by atomic mass is 9.92. The number of hydrogen-bond acceptors (Lipinski definition) is 6. The monoisotopic (exact) mass is 496 g/mol. The molecule has 2 heterocycles. The predicted octanol–water partition coefficient (Wildman–Crippen LogP) is 5.71. The summed E-state index contributed by atoms with van der Waals surface area (Å²) in [7, 11) is 0. The Balaban J connectivity index is 2.04. The van der Waals surface area contributed by atoms with Crippen LogP contribution in [0.1, 0.15) is 33.0 Å². The fraction of sp³-hybridized carbons (Fsp3) is 0.300. The molecule has 3 aromatic rings. The van der Waals surface area contributed by atoms with Gasteiger partial charge in [0.05, 0.1) is 4.88 Å². The van der Waals surface area contributed by atoms with Crippen molar-refractivity contribution >= 4 is 11.3 Å². The lowest BCUT2D eigenvalue weighted by Crippen LogP contribution is -2.19. The van der Waals surface area contributed by atoms with Crippen LogP contribution in [0.5, 0.6) is 11.5 Å². The van der Waals surface area contributed by atoms with E-state index in [1.54, 1.807) is 12.1 Å². The summed E-state index contributed by atoms with van der Waals surface area (Å²) in [6.45, 7) is -6.64. The Hall–Kier alpha value is -2.93. The maximum atomic E-state index is 12.9. The Morgan fingerprint density at radius 2 is 1.58 bits per heavy atom. The van der Waals surface area contributed by atoms with Gasteiger partial charge in [-0.25, -0.2) is 4.98 Å². The summed E-state index contributed by atoms with van der Waals surface area (Å²) in [4.78, 5) is 7.40. The number of benzene rings is 1. The van der Waals surface area contributed by atoms with E-state index in [0.29, 0.717) is 16.9 Å². The van der Waals surface area contributed by atoms with Crippen molar-refractivity contribution < 1.29 is 45.3 Å². The molecule has 0 saturated carbocycles. The fourth-order valence-corrected chi connectivity index (χ4v) is 4.03. The van der Waals surface area contributed by atoms with Gasteiger partial charge in [-0.2, -0.15) is 30.7 Å². The van der Waals surface area contributed by atoms with Crippen LogP contribution in [0.4, 0.5) is 30.7 Å². The number of aromatic nitrogens is 2. The maximum absolute atomic E-state index is 12.9. The molecular formula is C20H15F7N2O3S. The third-order valence-corrected chi connectivity index (χ3v) is 5.57. The van der Waals surface area contributed by atoms with Crippen molar-refractivity contribution in [2.75, 3.05) is 0 Å². The number of rotatable bonds is 9. The zero-order chi connectivity index (χ0) is 24.2. The lowest BCUT2D eigenvalue weighted by molar-refractivity contribution is -0.205. The molecule has 2 unspecified atom stereocenters. The first-order valence-corrected chi connectivity index (χ1v) is 9.99. The highest BCUT2D eigenvalue weighted by Crippen LogP contribution is 2.41. The normalized spacial score (nSPS) is 13.9. The van der Waals surface area contributed by atoms with Gasteiger partial charge in [0.2, 0.25) is 0 Å². The van der Waals surface area contributed by atoms with Crippen LogP contribution in [0.25, 0.3) is 0 Å². The number of hydrogen-bond donors (Lipinski definition) is 1. The minimum atomic E-state index is -4.91. The van der Waals surface area contributed by atoms with Crippen molar-refractivity contribution in [3.63, 3.8) is 0 Å². The average Bonchev–Trinajstić information content (AvgIpc) is 3.22.